The molecule has 1 aliphatic carbocycles. The number of alkyl halides is 2. The number of ether oxygens (including phenoxy) is 2. The van der Waals surface area contributed by atoms with Crippen molar-refractivity contribution in [2.24, 2.45) is 0 Å². The van der Waals surface area contributed by atoms with Gasteiger partial charge in [-0.15, -0.1) is 0 Å². The molecule has 1 fully saturated rings. The zero-order valence-electron chi connectivity index (χ0n) is 18.5. The van der Waals surface area contributed by atoms with Gasteiger partial charge in [0, 0.05) is 24.3 Å². The van der Waals surface area contributed by atoms with Gasteiger partial charge in [0.15, 0.2) is 23.1 Å². The first-order valence-electron chi connectivity index (χ1n) is 10.7. The monoisotopic (exact) mass is 483 g/mol. The van der Waals surface area contributed by atoms with E-state index in [1.54, 1.807) is 19.1 Å². The van der Waals surface area contributed by atoms with E-state index >= 15 is 0 Å². The van der Waals surface area contributed by atoms with E-state index in [0.717, 1.165) is 30.5 Å². The summed E-state index contributed by atoms with van der Waals surface area (Å²) < 4.78 is 61.3. The number of nitrogens with one attached hydrogen (secondary N) is 2. The van der Waals surface area contributed by atoms with Gasteiger partial charge >= 0.3 is 6.61 Å². The molecule has 0 atom stereocenters. The van der Waals surface area contributed by atoms with Crippen LogP contribution in [0.15, 0.2) is 36.4 Å². The molecule has 1 saturated carbocycles. The summed E-state index contributed by atoms with van der Waals surface area (Å²) in [5, 5.41) is 4.88. The molecule has 0 spiro atoms. The van der Waals surface area contributed by atoms with Crippen LogP contribution < -0.4 is 20.1 Å². The highest BCUT2D eigenvalue weighted by atomic mass is 19.3. The van der Waals surface area contributed by atoms with Gasteiger partial charge in [-0.3, -0.25) is 14.5 Å². The lowest BCUT2D eigenvalue weighted by atomic mass is 10.2. The Kier molecular flexibility index (Phi) is 8.69. The van der Waals surface area contributed by atoms with Crippen LogP contribution >= 0.6 is 0 Å². The molecule has 0 heterocycles. The Hall–Kier alpha value is -3.34. The maximum atomic E-state index is 13.2. The highest BCUT2D eigenvalue weighted by Gasteiger charge is 2.30. The third-order valence-corrected chi connectivity index (χ3v) is 4.97. The van der Waals surface area contributed by atoms with Crippen molar-refractivity contribution in [1.82, 2.24) is 10.2 Å². The van der Waals surface area contributed by atoms with E-state index in [1.165, 1.54) is 12.1 Å². The lowest BCUT2D eigenvalue weighted by molar-refractivity contribution is -0.125. The molecule has 34 heavy (non-hydrogen) atoms. The first-order chi connectivity index (χ1) is 16.2. The minimum absolute atomic E-state index is 0.0162. The molecule has 2 aromatic carbocycles. The average molecular weight is 483 g/mol. The minimum Gasteiger partial charge on any atom is -0.490 e. The van der Waals surface area contributed by atoms with Crippen LogP contribution in [-0.4, -0.2) is 49.1 Å². The summed E-state index contributed by atoms with van der Waals surface area (Å²) in [4.78, 5) is 26.3. The third kappa shape index (κ3) is 7.62. The summed E-state index contributed by atoms with van der Waals surface area (Å²) in [5.41, 5.74) is 0.822. The molecule has 2 amide bonds. The van der Waals surface area contributed by atoms with Gasteiger partial charge in [-0.2, -0.15) is 8.78 Å². The van der Waals surface area contributed by atoms with Crippen molar-refractivity contribution in [2.75, 3.05) is 25.0 Å². The Morgan fingerprint density at radius 1 is 1.06 bits per heavy atom. The Bertz CT molecular complexity index is 1020. The van der Waals surface area contributed by atoms with Crippen LogP contribution in [0.3, 0.4) is 0 Å². The standard InChI is InChI=1S/C23H25F4N3O4/c1-2-33-20-9-14(3-8-19(20)34-23(26)27)12-30(16-5-6-16)13-22(32)28-11-21(31)29-15-4-7-17(24)18(25)10-15/h3-4,7-10,16,23H,2,5-6,11-13H2,1H3,(H,28,32)(H,29,31). The SMILES string of the molecule is CCOc1cc(CN(CC(=O)NCC(=O)Nc2ccc(F)c(F)c2)C2CC2)ccc1OC(F)F. The quantitative estimate of drug-likeness (QED) is 0.451. The Morgan fingerprint density at radius 3 is 2.47 bits per heavy atom. The molecule has 7 nitrogen and oxygen atoms in total. The fourth-order valence-corrected chi connectivity index (χ4v) is 3.30. The van der Waals surface area contributed by atoms with Crippen molar-refractivity contribution < 1.29 is 36.6 Å². The van der Waals surface area contributed by atoms with Crippen LogP contribution in [0.5, 0.6) is 11.5 Å². The Morgan fingerprint density at radius 2 is 1.82 bits per heavy atom. The maximum absolute atomic E-state index is 13.2. The normalized spacial score (nSPS) is 13.1. The average Bonchev–Trinajstić information content (AvgIpc) is 3.62. The highest BCUT2D eigenvalue weighted by Crippen LogP contribution is 2.32. The summed E-state index contributed by atoms with van der Waals surface area (Å²) in [5.74, 6) is -2.99. The number of carbonyl (C=O) groups is 2. The predicted molar refractivity (Wildman–Crippen MR) is 116 cm³/mol. The van der Waals surface area contributed by atoms with Crippen LogP contribution in [0, 0.1) is 11.6 Å². The smallest absolute Gasteiger partial charge is 0.387 e. The van der Waals surface area contributed by atoms with E-state index < -0.39 is 30.1 Å². The van der Waals surface area contributed by atoms with E-state index in [0.29, 0.717) is 6.54 Å². The second-order valence-corrected chi connectivity index (χ2v) is 7.68. The molecule has 0 unspecified atom stereocenters. The fourth-order valence-electron chi connectivity index (χ4n) is 3.30. The molecule has 0 aromatic heterocycles. The first kappa shape index (κ1) is 25.3. The summed E-state index contributed by atoms with van der Waals surface area (Å²) >= 11 is 0. The van der Waals surface area contributed by atoms with Gasteiger partial charge in [0.25, 0.3) is 0 Å². The zero-order valence-corrected chi connectivity index (χ0v) is 18.5. The molecule has 0 radical (unpaired) electrons. The number of halogens is 4. The van der Waals surface area contributed by atoms with E-state index in [1.807, 2.05) is 4.90 Å². The lowest BCUT2D eigenvalue weighted by Gasteiger charge is -2.22. The largest absolute Gasteiger partial charge is 0.490 e. The van der Waals surface area contributed by atoms with Crippen molar-refractivity contribution in [3.8, 4) is 11.5 Å². The fraction of sp³-hybridized carbons (Fsp3) is 0.391. The molecule has 1 aliphatic rings. The number of carbonyl (C=O) groups excluding carboxylic acids is 2. The van der Waals surface area contributed by atoms with Gasteiger partial charge in [-0.25, -0.2) is 8.78 Å². The number of benzene rings is 2. The van der Waals surface area contributed by atoms with Gasteiger partial charge in [-0.1, -0.05) is 6.07 Å². The number of nitrogens with zero attached hydrogens (tertiary/aromatic N) is 1. The van der Waals surface area contributed by atoms with Crippen LogP contribution in [0.4, 0.5) is 23.2 Å². The van der Waals surface area contributed by atoms with Gasteiger partial charge < -0.3 is 20.1 Å². The molecule has 0 aliphatic heterocycles. The molecular formula is C23H25F4N3O4. The van der Waals surface area contributed by atoms with Gasteiger partial charge in [-0.05, 0) is 49.6 Å². The topological polar surface area (TPSA) is 79.9 Å². The Balaban J connectivity index is 1.54. The molecule has 184 valence electrons. The zero-order chi connectivity index (χ0) is 24.7. The summed E-state index contributed by atoms with van der Waals surface area (Å²) in [6.07, 6.45) is 1.82. The summed E-state index contributed by atoms with van der Waals surface area (Å²) in [6.45, 7) is -0.940. The number of hydrogen-bond acceptors (Lipinski definition) is 5. The molecular weight excluding hydrogens is 458 g/mol. The van der Waals surface area contributed by atoms with Crippen LogP contribution in [-0.2, 0) is 16.1 Å². The van der Waals surface area contributed by atoms with Gasteiger partial charge in [0.1, 0.15) is 0 Å². The predicted octanol–water partition coefficient (Wildman–Crippen LogP) is 3.68. The van der Waals surface area contributed by atoms with Crippen molar-refractivity contribution in [1.29, 1.82) is 0 Å². The highest BCUT2D eigenvalue weighted by molar-refractivity contribution is 5.94. The molecule has 2 aromatic rings. The number of hydrogen-bond donors (Lipinski definition) is 2. The third-order valence-electron chi connectivity index (χ3n) is 4.97. The molecule has 11 heteroatoms. The van der Waals surface area contributed by atoms with Gasteiger partial charge in [0.05, 0.1) is 19.7 Å². The molecule has 2 N–H and O–H groups in total. The van der Waals surface area contributed by atoms with E-state index in [9.17, 15) is 27.2 Å². The molecule has 0 bridgehead atoms. The van der Waals surface area contributed by atoms with E-state index in [2.05, 4.69) is 15.4 Å². The molecule has 0 saturated heterocycles. The number of amides is 2. The number of rotatable bonds is 12. The van der Waals surface area contributed by atoms with E-state index in [-0.39, 0.29) is 42.9 Å². The van der Waals surface area contributed by atoms with Crippen LogP contribution in [0.1, 0.15) is 25.3 Å². The Labute approximate surface area is 194 Å². The maximum Gasteiger partial charge on any atom is 0.387 e. The second kappa shape index (κ2) is 11.7. The van der Waals surface area contributed by atoms with Crippen molar-refractivity contribution in [3.05, 3.63) is 53.6 Å². The van der Waals surface area contributed by atoms with Crippen LogP contribution in [0.25, 0.3) is 0 Å². The first-order valence-corrected chi connectivity index (χ1v) is 10.7. The minimum atomic E-state index is -2.98. The van der Waals surface area contributed by atoms with Crippen LogP contribution in [0.2, 0.25) is 0 Å². The lowest BCUT2D eigenvalue weighted by Crippen LogP contribution is -2.41. The molecule has 3 rings (SSSR count). The summed E-state index contributed by atoms with van der Waals surface area (Å²) in [6, 6.07) is 7.76. The van der Waals surface area contributed by atoms with Crippen molar-refractivity contribution in [3.63, 3.8) is 0 Å². The van der Waals surface area contributed by atoms with Crippen molar-refractivity contribution >= 4 is 17.5 Å². The van der Waals surface area contributed by atoms with Crippen molar-refractivity contribution in [2.45, 2.75) is 39.0 Å². The van der Waals surface area contributed by atoms with Gasteiger partial charge in [0.2, 0.25) is 11.8 Å². The summed E-state index contributed by atoms with van der Waals surface area (Å²) in [7, 11) is 0. The second-order valence-electron chi connectivity index (χ2n) is 7.68. The van der Waals surface area contributed by atoms with E-state index in [4.69, 9.17) is 4.74 Å². The number of anilines is 1.